The fourth-order valence-electron chi connectivity index (χ4n) is 2.19. The minimum absolute atomic E-state index is 0.260. The summed E-state index contributed by atoms with van der Waals surface area (Å²) in [5, 5.41) is 0. The zero-order chi connectivity index (χ0) is 13.1. The number of rotatable bonds is 2. The molecule has 1 atom stereocenters. The molecule has 1 aliphatic heterocycles. The van der Waals surface area contributed by atoms with E-state index < -0.39 is 0 Å². The van der Waals surface area contributed by atoms with Crippen molar-refractivity contribution in [2.75, 3.05) is 0 Å². The molecule has 0 radical (unpaired) electrons. The summed E-state index contributed by atoms with van der Waals surface area (Å²) in [5.74, 6) is 0.825. The molecule has 0 fully saturated rings. The van der Waals surface area contributed by atoms with E-state index in [1.807, 2.05) is 42.5 Å². The molecule has 1 aliphatic rings. The predicted octanol–water partition coefficient (Wildman–Crippen LogP) is 3.11. The predicted molar refractivity (Wildman–Crippen MR) is 77.8 cm³/mol. The molecule has 94 valence electrons. The molecule has 1 aromatic heterocycles. The SMILES string of the molecule is CC1CC(c2ccncc2)=NC(c2ccccc2)=N1. The van der Waals surface area contributed by atoms with E-state index in [9.17, 15) is 0 Å². The Bertz CT molecular complexity index is 615. The highest BCUT2D eigenvalue weighted by Gasteiger charge is 2.16. The Labute approximate surface area is 112 Å². The highest BCUT2D eigenvalue weighted by atomic mass is 15.0. The third-order valence-electron chi connectivity index (χ3n) is 3.12. The lowest BCUT2D eigenvalue weighted by Crippen LogP contribution is -2.19. The molecule has 2 heterocycles. The van der Waals surface area contributed by atoms with E-state index in [0.717, 1.165) is 29.1 Å². The van der Waals surface area contributed by atoms with Crippen LogP contribution in [0.5, 0.6) is 0 Å². The number of aliphatic imine (C=N–C) groups is 2. The van der Waals surface area contributed by atoms with Gasteiger partial charge in [-0.2, -0.15) is 0 Å². The van der Waals surface area contributed by atoms with Crippen LogP contribution in [0, 0.1) is 0 Å². The second-order valence-electron chi connectivity index (χ2n) is 4.67. The van der Waals surface area contributed by atoms with E-state index in [-0.39, 0.29) is 6.04 Å². The lowest BCUT2D eigenvalue weighted by molar-refractivity contribution is 0.769. The monoisotopic (exact) mass is 249 g/mol. The number of hydrogen-bond donors (Lipinski definition) is 0. The van der Waals surface area contributed by atoms with Crippen LogP contribution in [-0.2, 0) is 0 Å². The molecule has 0 saturated heterocycles. The fraction of sp³-hybridized carbons (Fsp3) is 0.188. The summed E-state index contributed by atoms with van der Waals surface area (Å²) in [6.07, 6.45) is 4.48. The van der Waals surface area contributed by atoms with E-state index in [2.05, 4.69) is 16.9 Å². The highest BCUT2D eigenvalue weighted by Crippen LogP contribution is 2.16. The van der Waals surface area contributed by atoms with Crippen LogP contribution in [0.15, 0.2) is 64.8 Å². The maximum absolute atomic E-state index is 4.71. The number of nitrogens with zero attached hydrogens (tertiary/aromatic N) is 3. The van der Waals surface area contributed by atoms with Crippen molar-refractivity contribution in [2.24, 2.45) is 9.98 Å². The summed E-state index contributed by atoms with van der Waals surface area (Å²) < 4.78 is 0. The Hall–Kier alpha value is -2.29. The zero-order valence-corrected chi connectivity index (χ0v) is 10.8. The van der Waals surface area contributed by atoms with Crippen LogP contribution in [0.2, 0.25) is 0 Å². The Morgan fingerprint density at radius 2 is 1.68 bits per heavy atom. The molecule has 3 heteroatoms. The van der Waals surface area contributed by atoms with Crippen molar-refractivity contribution in [3.05, 3.63) is 66.0 Å². The smallest absolute Gasteiger partial charge is 0.155 e. The standard InChI is InChI=1S/C16H15N3/c1-12-11-15(13-7-9-17-10-8-13)19-16(18-12)14-5-3-2-4-6-14/h2-10,12H,11H2,1H3. The molecule has 0 spiro atoms. The summed E-state index contributed by atoms with van der Waals surface area (Å²) in [7, 11) is 0. The van der Waals surface area contributed by atoms with Crippen LogP contribution in [-0.4, -0.2) is 22.6 Å². The lowest BCUT2D eigenvalue weighted by atomic mass is 10.0. The average Bonchev–Trinajstić information content (AvgIpc) is 2.48. The number of pyridine rings is 1. The van der Waals surface area contributed by atoms with E-state index in [1.54, 1.807) is 12.4 Å². The maximum atomic E-state index is 4.71. The largest absolute Gasteiger partial charge is 0.265 e. The van der Waals surface area contributed by atoms with Gasteiger partial charge in [0.15, 0.2) is 5.84 Å². The quantitative estimate of drug-likeness (QED) is 0.805. The van der Waals surface area contributed by atoms with Crippen molar-refractivity contribution >= 4 is 11.5 Å². The van der Waals surface area contributed by atoms with Crippen molar-refractivity contribution in [3.8, 4) is 0 Å². The van der Waals surface area contributed by atoms with Gasteiger partial charge in [0.2, 0.25) is 0 Å². The van der Waals surface area contributed by atoms with Gasteiger partial charge in [-0.3, -0.25) is 9.98 Å². The number of amidine groups is 1. The van der Waals surface area contributed by atoms with E-state index >= 15 is 0 Å². The van der Waals surface area contributed by atoms with Crippen LogP contribution < -0.4 is 0 Å². The van der Waals surface area contributed by atoms with Gasteiger partial charge < -0.3 is 0 Å². The minimum atomic E-state index is 0.260. The first-order valence-electron chi connectivity index (χ1n) is 6.44. The van der Waals surface area contributed by atoms with Gasteiger partial charge in [0.25, 0.3) is 0 Å². The van der Waals surface area contributed by atoms with Gasteiger partial charge in [-0.25, -0.2) is 4.99 Å². The second kappa shape index (κ2) is 5.14. The number of hydrogen-bond acceptors (Lipinski definition) is 3. The van der Waals surface area contributed by atoms with Crippen molar-refractivity contribution < 1.29 is 0 Å². The molecule has 1 unspecified atom stereocenters. The molecule has 0 amide bonds. The lowest BCUT2D eigenvalue weighted by Gasteiger charge is -2.17. The molecule has 3 rings (SSSR count). The first-order valence-corrected chi connectivity index (χ1v) is 6.44. The molecule has 0 aliphatic carbocycles. The molecular weight excluding hydrogens is 234 g/mol. The van der Waals surface area contributed by atoms with E-state index in [0.29, 0.717) is 0 Å². The third kappa shape index (κ3) is 2.60. The van der Waals surface area contributed by atoms with Gasteiger partial charge in [0.05, 0.1) is 11.8 Å². The van der Waals surface area contributed by atoms with Crippen molar-refractivity contribution in [1.29, 1.82) is 0 Å². The van der Waals surface area contributed by atoms with Crippen LogP contribution in [0.1, 0.15) is 24.5 Å². The van der Waals surface area contributed by atoms with Gasteiger partial charge in [-0.1, -0.05) is 30.3 Å². The van der Waals surface area contributed by atoms with Crippen molar-refractivity contribution in [2.45, 2.75) is 19.4 Å². The van der Waals surface area contributed by atoms with Gasteiger partial charge in [0.1, 0.15) is 0 Å². The van der Waals surface area contributed by atoms with Crippen LogP contribution in [0.25, 0.3) is 0 Å². The van der Waals surface area contributed by atoms with Gasteiger partial charge in [-0.15, -0.1) is 0 Å². The Kier molecular flexibility index (Phi) is 3.19. The number of benzene rings is 1. The normalized spacial score (nSPS) is 18.7. The van der Waals surface area contributed by atoms with Crippen LogP contribution in [0.3, 0.4) is 0 Å². The molecule has 2 aromatic rings. The first-order chi connectivity index (χ1) is 9.33. The minimum Gasteiger partial charge on any atom is -0.265 e. The molecule has 1 aromatic carbocycles. The second-order valence-corrected chi connectivity index (χ2v) is 4.67. The summed E-state index contributed by atoms with van der Waals surface area (Å²) in [6, 6.07) is 14.4. The topological polar surface area (TPSA) is 37.6 Å². The average molecular weight is 249 g/mol. The summed E-state index contributed by atoms with van der Waals surface area (Å²) in [6.45, 7) is 2.12. The van der Waals surface area contributed by atoms with Crippen molar-refractivity contribution in [3.63, 3.8) is 0 Å². The van der Waals surface area contributed by atoms with Gasteiger partial charge >= 0.3 is 0 Å². The summed E-state index contributed by atoms with van der Waals surface area (Å²) >= 11 is 0. The van der Waals surface area contributed by atoms with Crippen molar-refractivity contribution in [1.82, 2.24) is 4.98 Å². The maximum Gasteiger partial charge on any atom is 0.155 e. The molecule has 0 N–H and O–H groups in total. The molecule has 0 bridgehead atoms. The highest BCUT2D eigenvalue weighted by molar-refractivity contribution is 6.13. The molecule has 3 nitrogen and oxygen atoms in total. The van der Waals surface area contributed by atoms with Crippen LogP contribution in [0.4, 0.5) is 0 Å². The fourth-order valence-corrected chi connectivity index (χ4v) is 2.19. The summed E-state index contributed by atoms with van der Waals surface area (Å²) in [5.41, 5.74) is 3.29. The summed E-state index contributed by atoms with van der Waals surface area (Å²) in [4.78, 5) is 13.4. The third-order valence-corrected chi connectivity index (χ3v) is 3.12. The molecule has 0 saturated carbocycles. The Morgan fingerprint density at radius 3 is 2.42 bits per heavy atom. The zero-order valence-electron chi connectivity index (χ0n) is 10.8. The number of aromatic nitrogens is 1. The molecular formula is C16H15N3. The van der Waals surface area contributed by atoms with Gasteiger partial charge in [-0.05, 0) is 24.6 Å². The Balaban J connectivity index is 2.00. The Morgan fingerprint density at radius 1 is 0.947 bits per heavy atom. The van der Waals surface area contributed by atoms with E-state index in [1.165, 1.54) is 0 Å². The van der Waals surface area contributed by atoms with Gasteiger partial charge in [0, 0.05) is 24.4 Å². The van der Waals surface area contributed by atoms with E-state index in [4.69, 9.17) is 4.99 Å². The molecule has 19 heavy (non-hydrogen) atoms. The van der Waals surface area contributed by atoms with Crippen LogP contribution >= 0.6 is 0 Å². The first kappa shape index (κ1) is 11.8.